The van der Waals surface area contributed by atoms with Gasteiger partial charge in [0, 0.05) is 13.1 Å². The van der Waals surface area contributed by atoms with Crippen LogP contribution in [0.3, 0.4) is 0 Å². The van der Waals surface area contributed by atoms with Gasteiger partial charge in [-0.25, -0.2) is 18.2 Å². The van der Waals surface area contributed by atoms with Gasteiger partial charge in [-0.15, -0.1) is 0 Å². The number of carbonyl (C=O) groups excluding carboxylic acids is 1. The highest BCUT2D eigenvalue weighted by Crippen LogP contribution is 2.32. The van der Waals surface area contributed by atoms with Crippen molar-refractivity contribution in [2.75, 3.05) is 12.4 Å². The van der Waals surface area contributed by atoms with Crippen molar-refractivity contribution in [3.8, 4) is 0 Å². The summed E-state index contributed by atoms with van der Waals surface area (Å²) in [5.74, 6) is -2.74. The van der Waals surface area contributed by atoms with Crippen LogP contribution in [0.5, 0.6) is 0 Å². The minimum atomic E-state index is -0.868. The molecule has 3 aromatic rings. The fourth-order valence-corrected chi connectivity index (χ4v) is 4.67. The van der Waals surface area contributed by atoms with Gasteiger partial charge in [-0.1, -0.05) is 17.4 Å². The van der Waals surface area contributed by atoms with E-state index in [1.54, 1.807) is 13.1 Å². The number of rotatable bonds is 4. The molecule has 0 unspecified atom stereocenters. The Kier molecular flexibility index (Phi) is 4.97. The van der Waals surface area contributed by atoms with Crippen molar-refractivity contribution in [1.82, 2.24) is 9.88 Å². The number of halogens is 3. The lowest BCUT2D eigenvalue weighted by molar-refractivity contribution is 0.0718. The predicted molar refractivity (Wildman–Crippen MR) is 103 cm³/mol. The number of fused-ring (bicyclic) bond motifs is 1. The van der Waals surface area contributed by atoms with Crippen LogP contribution in [0.1, 0.15) is 29.6 Å². The van der Waals surface area contributed by atoms with E-state index in [2.05, 4.69) is 10.3 Å². The number of anilines is 1. The van der Waals surface area contributed by atoms with E-state index >= 15 is 0 Å². The number of amides is 1. The summed E-state index contributed by atoms with van der Waals surface area (Å²) in [5, 5.41) is 3.95. The molecule has 146 valence electrons. The smallest absolute Gasteiger partial charge is 0.259 e. The van der Waals surface area contributed by atoms with Crippen LogP contribution >= 0.6 is 11.3 Å². The number of hydrogen-bond acceptors (Lipinski definition) is 4. The number of carbonyl (C=O) groups is 1. The Bertz CT molecular complexity index is 1020. The maximum Gasteiger partial charge on any atom is 0.259 e. The molecule has 1 fully saturated rings. The third kappa shape index (κ3) is 3.44. The van der Waals surface area contributed by atoms with Crippen molar-refractivity contribution in [1.29, 1.82) is 0 Å². The first-order valence-corrected chi connectivity index (χ1v) is 9.79. The topological polar surface area (TPSA) is 45.2 Å². The molecule has 2 atom stereocenters. The van der Waals surface area contributed by atoms with E-state index in [4.69, 9.17) is 0 Å². The Morgan fingerprint density at radius 2 is 1.93 bits per heavy atom. The molecule has 1 aliphatic rings. The van der Waals surface area contributed by atoms with Crippen molar-refractivity contribution >= 4 is 32.6 Å². The highest BCUT2D eigenvalue weighted by Gasteiger charge is 2.35. The van der Waals surface area contributed by atoms with Gasteiger partial charge >= 0.3 is 0 Å². The molecule has 0 bridgehead atoms. The molecule has 2 aromatic carbocycles. The van der Waals surface area contributed by atoms with Crippen molar-refractivity contribution in [3.63, 3.8) is 0 Å². The first-order chi connectivity index (χ1) is 13.4. The van der Waals surface area contributed by atoms with Gasteiger partial charge in [-0.05, 0) is 49.6 Å². The Balaban J connectivity index is 1.54. The molecule has 0 saturated heterocycles. The second-order valence-corrected chi connectivity index (χ2v) is 7.92. The molecule has 1 saturated carbocycles. The first-order valence-electron chi connectivity index (χ1n) is 8.98. The minimum Gasteiger partial charge on any atom is -0.357 e. The first kappa shape index (κ1) is 18.7. The summed E-state index contributed by atoms with van der Waals surface area (Å²) in [6.45, 7) is 0. The van der Waals surface area contributed by atoms with Crippen LogP contribution in [-0.2, 0) is 0 Å². The van der Waals surface area contributed by atoms with E-state index in [0.717, 1.165) is 36.1 Å². The average Bonchev–Trinajstić information content (AvgIpc) is 3.27. The van der Waals surface area contributed by atoms with E-state index in [1.165, 1.54) is 34.4 Å². The van der Waals surface area contributed by atoms with E-state index in [9.17, 15) is 18.0 Å². The molecule has 1 aliphatic carbocycles. The van der Waals surface area contributed by atoms with Gasteiger partial charge in [-0.3, -0.25) is 4.79 Å². The van der Waals surface area contributed by atoms with Gasteiger partial charge in [0.25, 0.3) is 5.91 Å². The molecule has 1 heterocycles. The summed E-state index contributed by atoms with van der Waals surface area (Å²) in [6.07, 6.45) is 2.39. The highest BCUT2D eigenvalue weighted by atomic mass is 32.1. The molecular formula is C20H18F3N3OS. The molecule has 4 nitrogen and oxygen atoms in total. The Morgan fingerprint density at radius 1 is 1.18 bits per heavy atom. The second-order valence-electron chi connectivity index (χ2n) is 6.89. The van der Waals surface area contributed by atoms with Crippen molar-refractivity contribution in [2.24, 2.45) is 0 Å². The zero-order valence-electron chi connectivity index (χ0n) is 15.1. The molecule has 0 aliphatic heterocycles. The Morgan fingerprint density at radius 3 is 2.68 bits per heavy atom. The van der Waals surface area contributed by atoms with E-state index in [1.807, 2.05) is 0 Å². The van der Waals surface area contributed by atoms with Gasteiger partial charge in [0.1, 0.15) is 23.0 Å². The molecule has 0 spiro atoms. The molecular weight excluding hydrogens is 387 g/mol. The lowest BCUT2D eigenvalue weighted by atomic mass is 10.1. The van der Waals surface area contributed by atoms with Gasteiger partial charge in [0.15, 0.2) is 5.13 Å². The van der Waals surface area contributed by atoms with Crippen LogP contribution in [0, 0.1) is 17.5 Å². The van der Waals surface area contributed by atoms with Gasteiger partial charge in [-0.2, -0.15) is 0 Å². The van der Waals surface area contributed by atoms with Crippen molar-refractivity contribution in [2.45, 2.75) is 31.3 Å². The number of benzene rings is 2. The average molecular weight is 405 g/mol. The van der Waals surface area contributed by atoms with Crippen LogP contribution < -0.4 is 5.32 Å². The molecule has 0 radical (unpaired) electrons. The minimum absolute atomic E-state index is 0.103. The molecule has 1 amide bonds. The van der Waals surface area contributed by atoms with Crippen LogP contribution in [0.2, 0.25) is 0 Å². The number of aromatic nitrogens is 1. The lowest BCUT2D eigenvalue weighted by Gasteiger charge is -2.30. The number of likely N-dealkylation sites (N-methyl/N-ethyl adjacent to an activating group) is 1. The molecule has 28 heavy (non-hydrogen) atoms. The Labute approximate surface area is 164 Å². The van der Waals surface area contributed by atoms with Gasteiger partial charge in [0.2, 0.25) is 0 Å². The standard InChI is InChI=1S/C20H18F3N3OS/c1-26(19(27)18-12(22)4-2-5-13(18)23)16-7-3-6-14(16)24-20-25-15-9-8-11(21)10-17(15)28-20/h2,4-5,8-10,14,16H,3,6-7H2,1H3,(H,24,25)/t14-,16+/m1/s1. The number of hydrogen-bond donors (Lipinski definition) is 1. The van der Waals surface area contributed by atoms with Crippen molar-refractivity contribution in [3.05, 3.63) is 59.4 Å². The van der Waals surface area contributed by atoms with E-state index in [-0.39, 0.29) is 17.9 Å². The van der Waals surface area contributed by atoms with Gasteiger partial charge in [0.05, 0.1) is 16.3 Å². The maximum absolute atomic E-state index is 14.0. The number of nitrogens with zero attached hydrogens (tertiary/aromatic N) is 2. The van der Waals surface area contributed by atoms with Gasteiger partial charge < -0.3 is 10.2 Å². The molecule has 4 rings (SSSR count). The summed E-state index contributed by atoms with van der Waals surface area (Å²) < 4.78 is 42.1. The van der Waals surface area contributed by atoms with Crippen LogP contribution in [-0.4, -0.2) is 34.9 Å². The Hall–Kier alpha value is -2.61. The van der Waals surface area contributed by atoms with E-state index < -0.39 is 23.1 Å². The largest absolute Gasteiger partial charge is 0.357 e. The maximum atomic E-state index is 14.0. The molecule has 8 heteroatoms. The summed E-state index contributed by atoms with van der Waals surface area (Å²) in [7, 11) is 1.56. The number of thiazole rings is 1. The monoisotopic (exact) mass is 405 g/mol. The molecule has 1 N–H and O–H groups in total. The fourth-order valence-electron chi connectivity index (χ4n) is 3.72. The summed E-state index contributed by atoms with van der Waals surface area (Å²) in [5.41, 5.74) is 0.160. The third-order valence-electron chi connectivity index (χ3n) is 5.13. The summed E-state index contributed by atoms with van der Waals surface area (Å²) in [6, 6.07) is 7.47. The van der Waals surface area contributed by atoms with Crippen LogP contribution in [0.15, 0.2) is 36.4 Å². The van der Waals surface area contributed by atoms with E-state index in [0.29, 0.717) is 10.6 Å². The third-order valence-corrected chi connectivity index (χ3v) is 6.08. The quantitative estimate of drug-likeness (QED) is 0.677. The second kappa shape index (κ2) is 7.43. The summed E-state index contributed by atoms with van der Waals surface area (Å²) in [4.78, 5) is 18.6. The lowest BCUT2D eigenvalue weighted by Crippen LogP contribution is -2.45. The van der Waals surface area contributed by atoms with Crippen LogP contribution in [0.25, 0.3) is 10.2 Å². The normalized spacial score (nSPS) is 19.1. The zero-order valence-corrected chi connectivity index (χ0v) is 15.9. The fraction of sp³-hybridized carbons (Fsp3) is 0.300. The molecule has 1 aromatic heterocycles. The SMILES string of the molecule is CN(C(=O)c1c(F)cccc1F)[C@H]1CCC[C@H]1Nc1nc2ccc(F)cc2s1. The van der Waals surface area contributed by atoms with Crippen molar-refractivity contribution < 1.29 is 18.0 Å². The van der Waals surface area contributed by atoms with Crippen LogP contribution in [0.4, 0.5) is 18.3 Å². The zero-order chi connectivity index (χ0) is 19.8. The highest BCUT2D eigenvalue weighted by molar-refractivity contribution is 7.22. The number of nitrogens with one attached hydrogen (secondary N) is 1. The summed E-state index contributed by atoms with van der Waals surface area (Å²) >= 11 is 1.34. The predicted octanol–water partition coefficient (Wildman–Crippen LogP) is 4.82.